The lowest BCUT2D eigenvalue weighted by molar-refractivity contribution is 0.674. The summed E-state index contributed by atoms with van der Waals surface area (Å²) in [7, 11) is 0. The highest BCUT2D eigenvalue weighted by atomic mass is 16.3. The maximum atomic E-state index is 6.97. The van der Waals surface area contributed by atoms with E-state index < -0.39 is 5.41 Å². The van der Waals surface area contributed by atoms with Crippen LogP contribution >= 0.6 is 0 Å². The van der Waals surface area contributed by atoms with E-state index in [4.69, 9.17) is 4.42 Å². The highest BCUT2D eigenvalue weighted by Crippen LogP contribution is 2.63. The summed E-state index contributed by atoms with van der Waals surface area (Å²) in [5.41, 5.74) is 19.6. The molecule has 0 saturated carbocycles. The van der Waals surface area contributed by atoms with Crippen molar-refractivity contribution >= 4 is 49.8 Å². The molecule has 2 heteroatoms. The summed E-state index contributed by atoms with van der Waals surface area (Å²) in [6, 6.07) is 82.2. The Morgan fingerprint density at radius 3 is 1.51 bits per heavy atom. The second-order valence-electron chi connectivity index (χ2n) is 16.4. The standard InChI is InChI=1S/C59H37NO/c1-3-15-38(16-4-1)39-27-30-42(31-28-39)60(44-35-51(40-17-5-2-6-18-40)58-52(36-44)50-33-29-41-19-7-8-20-45(41)57(50)61-58)43-32-34-49-48-23-11-14-26-55(48)59(56(49)37-43)53-24-12-9-21-46(53)47-22-10-13-25-54(47)59/h1-37H. The fourth-order valence-corrected chi connectivity index (χ4v) is 10.7. The Balaban J connectivity index is 1.10. The molecule has 0 unspecified atom stereocenters. The topological polar surface area (TPSA) is 16.4 Å². The van der Waals surface area contributed by atoms with E-state index in [9.17, 15) is 0 Å². The van der Waals surface area contributed by atoms with Crippen molar-refractivity contribution in [2.24, 2.45) is 0 Å². The number of anilines is 3. The van der Waals surface area contributed by atoms with Crippen LogP contribution < -0.4 is 4.90 Å². The van der Waals surface area contributed by atoms with Crippen LogP contribution in [0.4, 0.5) is 17.1 Å². The molecule has 0 atom stereocenters. The third-order valence-electron chi connectivity index (χ3n) is 13.3. The van der Waals surface area contributed by atoms with Gasteiger partial charge in [0.2, 0.25) is 0 Å². The van der Waals surface area contributed by atoms with Crippen molar-refractivity contribution in [1.82, 2.24) is 0 Å². The van der Waals surface area contributed by atoms with Crippen molar-refractivity contribution in [2.75, 3.05) is 4.90 Å². The molecule has 0 radical (unpaired) electrons. The largest absolute Gasteiger partial charge is 0.455 e. The number of hydrogen-bond acceptors (Lipinski definition) is 2. The van der Waals surface area contributed by atoms with Gasteiger partial charge < -0.3 is 9.32 Å². The Labute approximate surface area is 354 Å². The van der Waals surface area contributed by atoms with Crippen molar-refractivity contribution in [3.05, 3.63) is 247 Å². The summed E-state index contributed by atoms with van der Waals surface area (Å²) >= 11 is 0. The van der Waals surface area contributed by atoms with Gasteiger partial charge in [0.1, 0.15) is 11.2 Å². The lowest BCUT2D eigenvalue weighted by Crippen LogP contribution is -2.26. The van der Waals surface area contributed by atoms with Crippen molar-refractivity contribution in [2.45, 2.75) is 5.41 Å². The van der Waals surface area contributed by atoms with E-state index in [0.29, 0.717) is 0 Å². The lowest BCUT2D eigenvalue weighted by atomic mass is 9.70. The molecule has 10 aromatic carbocycles. The number of hydrogen-bond donors (Lipinski definition) is 0. The van der Waals surface area contributed by atoms with Gasteiger partial charge in [0, 0.05) is 38.8 Å². The molecule has 13 rings (SSSR count). The third kappa shape index (κ3) is 4.85. The molecule has 61 heavy (non-hydrogen) atoms. The molecule has 11 aromatic rings. The minimum Gasteiger partial charge on any atom is -0.455 e. The van der Waals surface area contributed by atoms with Crippen molar-refractivity contribution < 1.29 is 4.42 Å². The Hall–Kier alpha value is -7.94. The fourth-order valence-electron chi connectivity index (χ4n) is 10.7. The van der Waals surface area contributed by atoms with Crippen LogP contribution in [0.15, 0.2) is 229 Å². The van der Waals surface area contributed by atoms with Gasteiger partial charge in [-0.25, -0.2) is 0 Å². The second kappa shape index (κ2) is 13.0. The molecule has 2 aliphatic carbocycles. The first kappa shape index (κ1) is 34.0. The molecule has 2 aliphatic rings. The van der Waals surface area contributed by atoms with E-state index in [0.717, 1.165) is 55.5 Å². The first-order valence-corrected chi connectivity index (χ1v) is 21.1. The van der Waals surface area contributed by atoms with Crippen LogP contribution in [-0.2, 0) is 5.41 Å². The van der Waals surface area contributed by atoms with Crippen molar-refractivity contribution in [3.8, 4) is 44.5 Å². The molecule has 0 aliphatic heterocycles. The zero-order valence-electron chi connectivity index (χ0n) is 33.2. The van der Waals surface area contributed by atoms with Crippen molar-refractivity contribution in [1.29, 1.82) is 0 Å². The van der Waals surface area contributed by atoms with Crippen LogP contribution in [0.5, 0.6) is 0 Å². The smallest absolute Gasteiger partial charge is 0.143 e. The number of fused-ring (bicyclic) bond motifs is 15. The predicted molar refractivity (Wildman–Crippen MR) is 253 cm³/mol. The minimum atomic E-state index is -0.459. The van der Waals surface area contributed by atoms with E-state index in [1.54, 1.807) is 0 Å². The number of benzene rings is 10. The first-order chi connectivity index (χ1) is 30.3. The molecule has 0 N–H and O–H groups in total. The third-order valence-corrected chi connectivity index (χ3v) is 13.3. The highest BCUT2D eigenvalue weighted by molar-refractivity contribution is 6.18. The summed E-state index contributed by atoms with van der Waals surface area (Å²) in [4.78, 5) is 2.45. The zero-order chi connectivity index (χ0) is 40.1. The number of furan rings is 1. The number of rotatable bonds is 5. The molecule has 1 aromatic heterocycles. The molecule has 1 heterocycles. The maximum absolute atomic E-state index is 6.97. The fraction of sp³-hybridized carbons (Fsp3) is 0.0169. The predicted octanol–water partition coefficient (Wildman–Crippen LogP) is 15.9. The van der Waals surface area contributed by atoms with Gasteiger partial charge in [0.05, 0.1) is 5.41 Å². The second-order valence-corrected chi connectivity index (χ2v) is 16.4. The van der Waals surface area contributed by atoms with E-state index in [1.807, 2.05) is 0 Å². The van der Waals surface area contributed by atoms with Gasteiger partial charge in [-0.15, -0.1) is 0 Å². The molecule has 1 spiro atoms. The normalized spacial score (nSPS) is 13.0. The summed E-state index contributed by atoms with van der Waals surface area (Å²) < 4.78 is 6.97. The Morgan fingerprint density at radius 1 is 0.295 bits per heavy atom. The highest BCUT2D eigenvalue weighted by Gasteiger charge is 2.51. The van der Waals surface area contributed by atoms with Crippen LogP contribution in [0.2, 0.25) is 0 Å². The van der Waals surface area contributed by atoms with Gasteiger partial charge in [0.15, 0.2) is 0 Å². The van der Waals surface area contributed by atoms with E-state index in [-0.39, 0.29) is 0 Å². The Bertz CT molecular complexity index is 3460. The lowest BCUT2D eigenvalue weighted by Gasteiger charge is -2.32. The monoisotopic (exact) mass is 775 g/mol. The molecule has 0 saturated heterocycles. The van der Waals surface area contributed by atoms with Gasteiger partial charge in [-0.3, -0.25) is 0 Å². The molecular weight excluding hydrogens is 739 g/mol. The summed E-state index contributed by atoms with van der Waals surface area (Å²) in [6.45, 7) is 0. The Morgan fingerprint density at radius 2 is 0.836 bits per heavy atom. The van der Waals surface area contributed by atoms with E-state index >= 15 is 0 Å². The molecule has 284 valence electrons. The van der Waals surface area contributed by atoms with E-state index in [1.165, 1.54) is 61.0 Å². The molecular formula is C59H37NO. The van der Waals surface area contributed by atoms with Gasteiger partial charge >= 0.3 is 0 Å². The molecule has 0 fully saturated rings. The van der Waals surface area contributed by atoms with Crippen LogP contribution in [-0.4, -0.2) is 0 Å². The summed E-state index contributed by atoms with van der Waals surface area (Å²) in [5.74, 6) is 0. The molecule has 0 bridgehead atoms. The van der Waals surface area contributed by atoms with Gasteiger partial charge in [0.25, 0.3) is 0 Å². The summed E-state index contributed by atoms with van der Waals surface area (Å²) in [6.07, 6.45) is 0. The quantitative estimate of drug-likeness (QED) is 0.173. The molecule has 0 amide bonds. The van der Waals surface area contributed by atoms with Crippen LogP contribution in [0, 0.1) is 0 Å². The van der Waals surface area contributed by atoms with Gasteiger partial charge in [-0.1, -0.05) is 182 Å². The van der Waals surface area contributed by atoms with E-state index in [2.05, 4.69) is 229 Å². The minimum absolute atomic E-state index is 0.459. The average molecular weight is 776 g/mol. The zero-order valence-corrected chi connectivity index (χ0v) is 33.2. The number of nitrogens with zero attached hydrogens (tertiary/aromatic N) is 1. The first-order valence-electron chi connectivity index (χ1n) is 21.1. The molecule has 2 nitrogen and oxygen atoms in total. The maximum Gasteiger partial charge on any atom is 0.143 e. The van der Waals surface area contributed by atoms with Gasteiger partial charge in [-0.2, -0.15) is 0 Å². The van der Waals surface area contributed by atoms with Gasteiger partial charge in [-0.05, 0) is 109 Å². The van der Waals surface area contributed by atoms with Crippen LogP contribution in [0.25, 0.3) is 77.2 Å². The summed E-state index contributed by atoms with van der Waals surface area (Å²) in [5, 5.41) is 4.48. The van der Waals surface area contributed by atoms with Crippen molar-refractivity contribution in [3.63, 3.8) is 0 Å². The Kier molecular flexibility index (Phi) is 7.26. The van der Waals surface area contributed by atoms with Crippen LogP contribution in [0.3, 0.4) is 0 Å². The van der Waals surface area contributed by atoms with Crippen LogP contribution in [0.1, 0.15) is 22.3 Å². The average Bonchev–Trinajstić information content (AvgIpc) is 3.97. The SMILES string of the molecule is c1ccc(-c2ccc(N(c3ccc4c(c3)C3(c5ccccc5-c5ccccc53)c3ccccc3-4)c3cc(-c4ccccc4)c4oc5c6ccccc6ccc5c4c3)cc2)cc1.